The standard InChI is InChI=1S/C15H17ClN4O2/c16-12-5-3-10(4-6-12)15-18-13(22-19-15)9-20-7-1-2-11(8-20)14(17)21/h3-6,11H,1-2,7-9H2,(H2,17,21)/t11-/m0/s1. The van der Waals surface area contributed by atoms with Crippen molar-refractivity contribution in [3.8, 4) is 11.4 Å². The molecule has 1 saturated heterocycles. The lowest BCUT2D eigenvalue weighted by atomic mass is 9.97. The van der Waals surface area contributed by atoms with E-state index in [9.17, 15) is 4.79 Å². The van der Waals surface area contributed by atoms with Crippen molar-refractivity contribution in [1.29, 1.82) is 0 Å². The van der Waals surface area contributed by atoms with E-state index in [0.717, 1.165) is 24.9 Å². The summed E-state index contributed by atoms with van der Waals surface area (Å²) in [6.45, 7) is 2.08. The number of rotatable bonds is 4. The number of halogens is 1. The van der Waals surface area contributed by atoms with Crippen molar-refractivity contribution in [1.82, 2.24) is 15.0 Å². The number of hydrogen-bond donors (Lipinski definition) is 1. The highest BCUT2D eigenvalue weighted by atomic mass is 35.5. The fourth-order valence-electron chi connectivity index (χ4n) is 2.66. The number of nitrogens with zero attached hydrogens (tertiary/aromatic N) is 3. The average Bonchev–Trinajstić information content (AvgIpc) is 2.96. The number of hydrogen-bond acceptors (Lipinski definition) is 5. The Hall–Kier alpha value is -1.92. The fourth-order valence-corrected chi connectivity index (χ4v) is 2.78. The van der Waals surface area contributed by atoms with Crippen LogP contribution in [0.1, 0.15) is 18.7 Å². The van der Waals surface area contributed by atoms with Gasteiger partial charge < -0.3 is 10.3 Å². The number of carbonyl (C=O) groups excluding carboxylic acids is 1. The monoisotopic (exact) mass is 320 g/mol. The predicted octanol–water partition coefficient (Wildman–Crippen LogP) is 2.09. The van der Waals surface area contributed by atoms with E-state index < -0.39 is 0 Å². The lowest BCUT2D eigenvalue weighted by Gasteiger charge is -2.29. The van der Waals surface area contributed by atoms with Crippen molar-refractivity contribution in [2.24, 2.45) is 11.7 Å². The molecule has 2 aromatic rings. The van der Waals surface area contributed by atoms with Gasteiger partial charge in [0.2, 0.25) is 17.6 Å². The van der Waals surface area contributed by atoms with Gasteiger partial charge in [-0.1, -0.05) is 16.8 Å². The molecular weight excluding hydrogens is 304 g/mol. The van der Waals surface area contributed by atoms with Crippen molar-refractivity contribution in [3.63, 3.8) is 0 Å². The molecule has 0 bridgehead atoms. The second kappa shape index (κ2) is 6.46. The highest BCUT2D eigenvalue weighted by molar-refractivity contribution is 6.30. The number of aromatic nitrogens is 2. The normalized spacial score (nSPS) is 19.2. The predicted molar refractivity (Wildman–Crippen MR) is 81.9 cm³/mol. The molecule has 1 aromatic heterocycles. The molecule has 6 nitrogen and oxygen atoms in total. The molecule has 1 amide bonds. The van der Waals surface area contributed by atoms with Gasteiger partial charge in [0.05, 0.1) is 12.5 Å². The third-order valence-corrected chi connectivity index (χ3v) is 4.09. The summed E-state index contributed by atoms with van der Waals surface area (Å²) in [6.07, 6.45) is 1.80. The summed E-state index contributed by atoms with van der Waals surface area (Å²) in [5.74, 6) is 0.745. The zero-order chi connectivity index (χ0) is 15.5. The van der Waals surface area contributed by atoms with Gasteiger partial charge in [0.25, 0.3) is 0 Å². The number of nitrogens with two attached hydrogens (primary N) is 1. The number of piperidine rings is 1. The van der Waals surface area contributed by atoms with E-state index in [1.807, 2.05) is 12.1 Å². The lowest BCUT2D eigenvalue weighted by molar-refractivity contribution is -0.123. The lowest BCUT2D eigenvalue weighted by Crippen LogP contribution is -2.40. The molecule has 116 valence electrons. The van der Waals surface area contributed by atoms with E-state index in [4.69, 9.17) is 21.9 Å². The van der Waals surface area contributed by atoms with Crippen LogP contribution in [-0.2, 0) is 11.3 Å². The quantitative estimate of drug-likeness (QED) is 0.932. The molecule has 0 saturated carbocycles. The van der Waals surface area contributed by atoms with Gasteiger partial charge in [0.1, 0.15) is 0 Å². The highest BCUT2D eigenvalue weighted by Crippen LogP contribution is 2.21. The van der Waals surface area contributed by atoms with Gasteiger partial charge >= 0.3 is 0 Å². The number of primary amides is 1. The molecule has 0 unspecified atom stereocenters. The number of likely N-dealkylation sites (tertiary alicyclic amines) is 1. The van der Waals surface area contributed by atoms with Crippen molar-refractivity contribution in [2.45, 2.75) is 19.4 Å². The second-order valence-corrected chi connectivity index (χ2v) is 5.93. The molecule has 1 aliphatic rings. The summed E-state index contributed by atoms with van der Waals surface area (Å²) < 4.78 is 5.30. The van der Waals surface area contributed by atoms with Gasteiger partial charge in [-0.05, 0) is 43.7 Å². The Labute approximate surface area is 133 Å². The first-order valence-corrected chi connectivity index (χ1v) is 7.60. The van der Waals surface area contributed by atoms with Crippen LogP contribution in [0, 0.1) is 5.92 Å². The molecule has 0 aliphatic carbocycles. The van der Waals surface area contributed by atoms with Crippen LogP contribution in [0.4, 0.5) is 0 Å². The Morgan fingerprint density at radius 3 is 2.91 bits per heavy atom. The van der Waals surface area contributed by atoms with Crippen molar-refractivity contribution in [2.75, 3.05) is 13.1 Å². The summed E-state index contributed by atoms with van der Waals surface area (Å²) in [6, 6.07) is 7.27. The van der Waals surface area contributed by atoms with E-state index in [0.29, 0.717) is 29.8 Å². The van der Waals surface area contributed by atoms with Crippen molar-refractivity contribution in [3.05, 3.63) is 35.2 Å². The van der Waals surface area contributed by atoms with Gasteiger partial charge in [0, 0.05) is 17.1 Å². The number of amides is 1. The Kier molecular flexibility index (Phi) is 4.40. The molecule has 1 aliphatic heterocycles. The fraction of sp³-hybridized carbons (Fsp3) is 0.400. The maximum absolute atomic E-state index is 11.3. The van der Waals surface area contributed by atoms with Crippen LogP contribution in [0.5, 0.6) is 0 Å². The van der Waals surface area contributed by atoms with E-state index in [1.54, 1.807) is 12.1 Å². The van der Waals surface area contributed by atoms with Crippen LogP contribution in [-0.4, -0.2) is 34.0 Å². The van der Waals surface area contributed by atoms with Crippen molar-refractivity contribution < 1.29 is 9.32 Å². The largest absolute Gasteiger partial charge is 0.369 e. The van der Waals surface area contributed by atoms with Crippen molar-refractivity contribution >= 4 is 17.5 Å². The summed E-state index contributed by atoms with van der Waals surface area (Å²) in [4.78, 5) is 17.8. The van der Waals surface area contributed by atoms with E-state index in [2.05, 4.69) is 15.0 Å². The maximum Gasteiger partial charge on any atom is 0.241 e. The Morgan fingerprint density at radius 1 is 1.41 bits per heavy atom. The van der Waals surface area contributed by atoms with Crippen LogP contribution in [0.15, 0.2) is 28.8 Å². The van der Waals surface area contributed by atoms with Gasteiger partial charge in [0.15, 0.2) is 0 Å². The molecule has 7 heteroatoms. The summed E-state index contributed by atoms with van der Waals surface area (Å²) in [5, 5.41) is 4.65. The first-order valence-electron chi connectivity index (χ1n) is 7.22. The first kappa shape index (κ1) is 15.0. The molecule has 2 heterocycles. The van der Waals surface area contributed by atoms with Gasteiger partial charge in [-0.25, -0.2) is 0 Å². The number of carbonyl (C=O) groups is 1. The third-order valence-electron chi connectivity index (χ3n) is 3.84. The topological polar surface area (TPSA) is 85.3 Å². The van der Waals surface area contributed by atoms with E-state index >= 15 is 0 Å². The number of benzene rings is 1. The molecule has 2 N–H and O–H groups in total. The molecule has 1 aromatic carbocycles. The SMILES string of the molecule is NC(=O)[C@H]1CCCN(Cc2nc(-c3ccc(Cl)cc3)no2)C1. The molecule has 1 atom stereocenters. The minimum Gasteiger partial charge on any atom is -0.369 e. The van der Waals surface area contributed by atoms with Crippen LogP contribution in [0.2, 0.25) is 5.02 Å². The van der Waals surface area contributed by atoms with Gasteiger partial charge in [-0.2, -0.15) is 4.98 Å². The Bertz CT molecular complexity index is 656. The molecule has 0 radical (unpaired) electrons. The third kappa shape index (κ3) is 3.45. The second-order valence-electron chi connectivity index (χ2n) is 5.50. The first-order chi connectivity index (χ1) is 10.6. The molecule has 1 fully saturated rings. The van der Waals surface area contributed by atoms with Crippen LogP contribution >= 0.6 is 11.6 Å². The molecule has 0 spiro atoms. The van der Waals surface area contributed by atoms with Gasteiger partial charge in [-0.15, -0.1) is 0 Å². The van der Waals surface area contributed by atoms with Gasteiger partial charge in [-0.3, -0.25) is 9.69 Å². The summed E-state index contributed by atoms with van der Waals surface area (Å²) in [7, 11) is 0. The maximum atomic E-state index is 11.3. The highest BCUT2D eigenvalue weighted by Gasteiger charge is 2.25. The molecule has 3 rings (SSSR count). The van der Waals surface area contributed by atoms with E-state index in [-0.39, 0.29) is 11.8 Å². The zero-order valence-electron chi connectivity index (χ0n) is 12.0. The van der Waals surface area contributed by atoms with Crippen LogP contribution < -0.4 is 5.73 Å². The Balaban J connectivity index is 1.66. The van der Waals surface area contributed by atoms with E-state index in [1.165, 1.54) is 0 Å². The molecule has 22 heavy (non-hydrogen) atoms. The average molecular weight is 321 g/mol. The van der Waals surface area contributed by atoms with Crippen LogP contribution in [0.25, 0.3) is 11.4 Å². The van der Waals surface area contributed by atoms with Crippen LogP contribution in [0.3, 0.4) is 0 Å². The summed E-state index contributed by atoms with van der Waals surface area (Å²) in [5.41, 5.74) is 6.24. The minimum absolute atomic E-state index is 0.0904. The zero-order valence-corrected chi connectivity index (χ0v) is 12.8. The molecular formula is C15H17ClN4O2. The minimum atomic E-state index is -0.239. The summed E-state index contributed by atoms with van der Waals surface area (Å²) >= 11 is 5.86. The Morgan fingerprint density at radius 2 is 2.18 bits per heavy atom. The smallest absolute Gasteiger partial charge is 0.241 e.